The molecule has 18 heavy (non-hydrogen) atoms. The van der Waals surface area contributed by atoms with E-state index in [-0.39, 0.29) is 6.04 Å². The summed E-state index contributed by atoms with van der Waals surface area (Å²) in [6.07, 6.45) is 2.51. The Labute approximate surface area is 109 Å². The molecule has 1 fully saturated rings. The Balaban J connectivity index is 2.34. The second-order valence-electron chi connectivity index (χ2n) is 4.58. The van der Waals surface area contributed by atoms with E-state index in [9.17, 15) is 0 Å². The number of nitrogens with zero attached hydrogens (tertiary/aromatic N) is 1. The van der Waals surface area contributed by atoms with Crippen LogP contribution in [-0.2, 0) is 0 Å². The zero-order chi connectivity index (χ0) is 13.0. The minimum atomic E-state index is 0.220. The zero-order valence-corrected chi connectivity index (χ0v) is 11.2. The largest absolute Gasteiger partial charge is 0.493 e. The van der Waals surface area contributed by atoms with Crippen LogP contribution in [0.1, 0.15) is 24.4 Å². The van der Waals surface area contributed by atoms with Gasteiger partial charge in [0.25, 0.3) is 0 Å². The Bertz CT molecular complexity index is 389. The molecule has 0 radical (unpaired) electrons. The minimum absolute atomic E-state index is 0.220. The predicted molar refractivity (Wildman–Crippen MR) is 72.1 cm³/mol. The summed E-state index contributed by atoms with van der Waals surface area (Å²) in [5, 5.41) is 0. The highest BCUT2D eigenvalue weighted by Gasteiger charge is 2.25. The summed E-state index contributed by atoms with van der Waals surface area (Å²) in [4.78, 5) is 2.43. The Hall–Kier alpha value is -1.26. The Morgan fingerprint density at radius 2 is 1.94 bits per heavy atom. The van der Waals surface area contributed by atoms with Crippen LogP contribution in [0.15, 0.2) is 18.2 Å². The molecule has 2 rings (SSSR count). The Morgan fingerprint density at radius 3 is 2.50 bits per heavy atom. The van der Waals surface area contributed by atoms with Crippen LogP contribution in [0.2, 0.25) is 0 Å². The molecular weight excluding hydrogens is 228 g/mol. The van der Waals surface area contributed by atoms with E-state index in [0.717, 1.165) is 30.2 Å². The van der Waals surface area contributed by atoms with Crippen molar-refractivity contribution in [3.8, 4) is 11.5 Å². The maximum Gasteiger partial charge on any atom is 0.165 e. The SMILES string of the molecule is COc1cccc(C(CN)N2CCCC2)c1OC. The maximum atomic E-state index is 5.96. The molecule has 0 aromatic heterocycles. The van der Waals surface area contributed by atoms with Crippen molar-refractivity contribution in [3.05, 3.63) is 23.8 Å². The molecule has 1 aromatic rings. The molecule has 4 nitrogen and oxygen atoms in total. The van der Waals surface area contributed by atoms with E-state index >= 15 is 0 Å². The maximum absolute atomic E-state index is 5.96. The predicted octanol–water partition coefficient (Wildman–Crippen LogP) is 1.80. The first-order valence-electron chi connectivity index (χ1n) is 6.46. The van der Waals surface area contributed by atoms with Crippen molar-refractivity contribution in [2.75, 3.05) is 33.9 Å². The van der Waals surface area contributed by atoms with E-state index in [1.807, 2.05) is 12.1 Å². The number of nitrogens with two attached hydrogens (primary N) is 1. The minimum Gasteiger partial charge on any atom is -0.493 e. The van der Waals surface area contributed by atoms with Crippen molar-refractivity contribution in [3.63, 3.8) is 0 Å². The quantitative estimate of drug-likeness (QED) is 0.865. The molecule has 2 N–H and O–H groups in total. The lowest BCUT2D eigenvalue weighted by Gasteiger charge is -2.28. The topological polar surface area (TPSA) is 47.7 Å². The van der Waals surface area contributed by atoms with E-state index in [2.05, 4.69) is 11.0 Å². The summed E-state index contributed by atoms with van der Waals surface area (Å²) in [5.41, 5.74) is 7.09. The van der Waals surface area contributed by atoms with Crippen molar-refractivity contribution < 1.29 is 9.47 Å². The van der Waals surface area contributed by atoms with Crippen molar-refractivity contribution >= 4 is 0 Å². The van der Waals surface area contributed by atoms with Gasteiger partial charge in [0.05, 0.1) is 20.3 Å². The number of benzene rings is 1. The molecule has 1 heterocycles. The van der Waals surface area contributed by atoms with Gasteiger partial charge in [-0.15, -0.1) is 0 Å². The number of ether oxygens (including phenoxy) is 2. The van der Waals surface area contributed by atoms with Crippen molar-refractivity contribution in [1.82, 2.24) is 4.90 Å². The van der Waals surface area contributed by atoms with Gasteiger partial charge in [0, 0.05) is 12.1 Å². The van der Waals surface area contributed by atoms with Crippen molar-refractivity contribution in [2.24, 2.45) is 5.73 Å². The van der Waals surface area contributed by atoms with Gasteiger partial charge in [0.1, 0.15) is 0 Å². The molecule has 1 saturated heterocycles. The van der Waals surface area contributed by atoms with Gasteiger partial charge in [-0.25, -0.2) is 0 Å². The number of para-hydroxylation sites is 1. The number of hydrogen-bond donors (Lipinski definition) is 1. The van der Waals surface area contributed by atoms with Crippen LogP contribution in [0.5, 0.6) is 11.5 Å². The van der Waals surface area contributed by atoms with Gasteiger partial charge in [0.2, 0.25) is 0 Å². The Kier molecular flexibility index (Phi) is 4.44. The van der Waals surface area contributed by atoms with Crippen LogP contribution in [-0.4, -0.2) is 38.8 Å². The molecule has 0 amide bonds. The fourth-order valence-electron chi connectivity index (χ4n) is 2.70. The molecular formula is C14H22N2O2. The van der Waals surface area contributed by atoms with Crippen LogP contribution in [0.4, 0.5) is 0 Å². The van der Waals surface area contributed by atoms with Gasteiger partial charge < -0.3 is 15.2 Å². The lowest BCUT2D eigenvalue weighted by atomic mass is 10.0. The molecule has 1 aliphatic heterocycles. The van der Waals surface area contributed by atoms with Crippen LogP contribution in [0, 0.1) is 0 Å². The van der Waals surface area contributed by atoms with Gasteiger partial charge in [0.15, 0.2) is 11.5 Å². The summed E-state index contributed by atoms with van der Waals surface area (Å²) in [6, 6.07) is 6.21. The summed E-state index contributed by atoms with van der Waals surface area (Å²) in [7, 11) is 3.34. The van der Waals surface area contributed by atoms with Gasteiger partial charge in [-0.2, -0.15) is 0 Å². The summed E-state index contributed by atoms with van der Waals surface area (Å²) >= 11 is 0. The molecule has 100 valence electrons. The molecule has 0 spiro atoms. The van der Waals surface area contributed by atoms with Gasteiger partial charge in [-0.3, -0.25) is 4.90 Å². The van der Waals surface area contributed by atoms with Crippen molar-refractivity contribution in [2.45, 2.75) is 18.9 Å². The number of methoxy groups -OCH3 is 2. The van der Waals surface area contributed by atoms with Crippen LogP contribution in [0.3, 0.4) is 0 Å². The third-order valence-electron chi connectivity index (χ3n) is 3.60. The molecule has 1 aliphatic rings. The molecule has 4 heteroatoms. The Morgan fingerprint density at radius 1 is 1.22 bits per heavy atom. The van der Waals surface area contributed by atoms with E-state index in [1.165, 1.54) is 12.8 Å². The van der Waals surface area contributed by atoms with Crippen LogP contribution in [0.25, 0.3) is 0 Å². The first-order valence-corrected chi connectivity index (χ1v) is 6.46. The zero-order valence-electron chi connectivity index (χ0n) is 11.2. The first-order chi connectivity index (χ1) is 8.81. The summed E-state index contributed by atoms with van der Waals surface area (Å²) < 4.78 is 10.9. The summed E-state index contributed by atoms with van der Waals surface area (Å²) in [6.45, 7) is 2.83. The third kappa shape index (κ3) is 2.44. The highest BCUT2D eigenvalue weighted by Crippen LogP contribution is 2.37. The number of likely N-dealkylation sites (tertiary alicyclic amines) is 1. The van der Waals surface area contributed by atoms with E-state index in [1.54, 1.807) is 14.2 Å². The number of hydrogen-bond acceptors (Lipinski definition) is 4. The lowest BCUT2D eigenvalue weighted by Crippen LogP contribution is -2.31. The van der Waals surface area contributed by atoms with Gasteiger partial charge in [-0.05, 0) is 32.0 Å². The van der Waals surface area contributed by atoms with Crippen LogP contribution >= 0.6 is 0 Å². The van der Waals surface area contributed by atoms with Gasteiger partial charge >= 0.3 is 0 Å². The smallest absolute Gasteiger partial charge is 0.165 e. The molecule has 1 atom stereocenters. The fraction of sp³-hybridized carbons (Fsp3) is 0.571. The number of rotatable bonds is 5. The second kappa shape index (κ2) is 6.07. The average Bonchev–Trinajstić information content (AvgIpc) is 2.93. The molecule has 0 aliphatic carbocycles. The van der Waals surface area contributed by atoms with Crippen LogP contribution < -0.4 is 15.2 Å². The average molecular weight is 250 g/mol. The molecule has 0 bridgehead atoms. The van der Waals surface area contributed by atoms with Gasteiger partial charge in [-0.1, -0.05) is 12.1 Å². The van der Waals surface area contributed by atoms with Crippen molar-refractivity contribution in [1.29, 1.82) is 0 Å². The highest BCUT2D eigenvalue weighted by atomic mass is 16.5. The first kappa shape index (κ1) is 13.2. The van der Waals surface area contributed by atoms with E-state index in [0.29, 0.717) is 6.54 Å². The molecule has 1 aromatic carbocycles. The lowest BCUT2D eigenvalue weighted by molar-refractivity contribution is 0.243. The monoisotopic (exact) mass is 250 g/mol. The van der Waals surface area contributed by atoms with E-state index in [4.69, 9.17) is 15.2 Å². The highest BCUT2D eigenvalue weighted by molar-refractivity contribution is 5.48. The second-order valence-corrected chi connectivity index (χ2v) is 4.58. The molecule has 0 saturated carbocycles. The summed E-state index contributed by atoms with van der Waals surface area (Å²) in [5.74, 6) is 1.58. The van der Waals surface area contributed by atoms with E-state index < -0.39 is 0 Å². The normalized spacial score (nSPS) is 17.7. The standard InChI is InChI=1S/C14H22N2O2/c1-17-13-7-5-6-11(14(13)18-2)12(10-15)16-8-3-4-9-16/h5-7,12H,3-4,8-10,15H2,1-2H3. The molecule has 1 unspecified atom stereocenters. The third-order valence-corrected chi connectivity index (χ3v) is 3.60. The fourth-order valence-corrected chi connectivity index (χ4v) is 2.70.